The van der Waals surface area contributed by atoms with Gasteiger partial charge in [-0.05, 0) is 36.8 Å². The average Bonchev–Trinajstić information content (AvgIpc) is 2.87. The van der Waals surface area contributed by atoms with E-state index in [4.69, 9.17) is 4.12 Å². The van der Waals surface area contributed by atoms with Gasteiger partial charge in [0.25, 0.3) is 0 Å². The molecule has 0 aliphatic rings. The molecule has 0 aliphatic heterocycles. The maximum Gasteiger partial charge on any atom is 0.491 e. The molecule has 4 N–H and O–H groups in total. The van der Waals surface area contributed by atoms with Crippen molar-refractivity contribution in [1.29, 1.82) is 0 Å². The smallest absolute Gasteiger partial charge is 0.390 e. The van der Waals surface area contributed by atoms with Crippen molar-refractivity contribution in [1.82, 2.24) is 0 Å². The highest BCUT2D eigenvalue weighted by molar-refractivity contribution is 6.78. The highest BCUT2D eigenvalue weighted by Gasteiger charge is 2.53. The summed E-state index contributed by atoms with van der Waals surface area (Å²) in [4.78, 5) is 41.4. The molecule has 0 atom stereocenters. The standard InChI is InChI=1S/C14H34O5Si2.2C10H24Si/c1-5-9-13(10-6-2)20(15,16)19-21(17,18)14(11-7-3)12-8-4;2*1-6-8-10(9-7-2)11(3,4)5/h13-18H,5-12H2,1-4H3;2*10H,6-9H2,1-5H3. The van der Waals surface area contributed by atoms with Crippen molar-refractivity contribution in [3.05, 3.63) is 0 Å². The molecular formula is C34H82O5Si4. The first-order valence-electron chi connectivity index (χ1n) is 18.4. The van der Waals surface area contributed by atoms with Crippen LogP contribution in [-0.2, 0) is 4.12 Å². The van der Waals surface area contributed by atoms with E-state index in [1.807, 2.05) is 27.7 Å². The molecule has 264 valence electrons. The van der Waals surface area contributed by atoms with Gasteiger partial charge in [-0.25, -0.2) is 0 Å². The Hall–Kier alpha value is 0.668. The molecule has 0 aromatic heterocycles. The lowest BCUT2D eigenvalue weighted by Gasteiger charge is -2.35. The van der Waals surface area contributed by atoms with Gasteiger partial charge >= 0.3 is 17.6 Å². The van der Waals surface area contributed by atoms with E-state index >= 15 is 0 Å². The zero-order chi connectivity index (χ0) is 34.3. The number of rotatable bonds is 22. The van der Waals surface area contributed by atoms with Crippen molar-refractivity contribution in [2.24, 2.45) is 0 Å². The van der Waals surface area contributed by atoms with Crippen LogP contribution in [0, 0.1) is 0 Å². The molecule has 0 amide bonds. The maximum absolute atomic E-state index is 10.3. The minimum Gasteiger partial charge on any atom is -0.390 e. The van der Waals surface area contributed by atoms with E-state index in [0.717, 1.165) is 36.8 Å². The van der Waals surface area contributed by atoms with Gasteiger partial charge in [-0.15, -0.1) is 0 Å². The minimum atomic E-state index is -4.07. The van der Waals surface area contributed by atoms with E-state index in [2.05, 4.69) is 67.0 Å². The predicted octanol–water partition coefficient (Wildman–Crippen LogP) is 11.4. The summed E-state index contributed by atoms with van der Waals surface area (Å²) in [5.74, 6) is 0. The summed E-state index contributed by atoms with van der Waals surface area (Å²) < 4.78 is 5.26. The monoisotopic (exact) mass is 683 g/mol. The van der Waals surface area contributed by atoms with Crippen molar-refractivity contribution in [2.75, 3.05) is 0 Å². The lowest BCUT2D eigenvalue weighted by molar-refractivity contribution is 0.130. The van der Waals surface area contributed by atoms with E-state index in [1.54, 1.807) is 0 Å². The zero-order valence-electron chi connectivity index (χ0n) is 31.8. The first-order valence-corrected chi connectivity index (χ1v) is 29.3. The van der Waals surface area contributed by atoms with Crippen molar-refractivity contribution in [3.8, 4) is 0 Å². The second kappa shape index (κ2) is 25.7. The summed E-state index contributed by atoms with van der Waals surface area (Å²) in [6, 6.07) is 0. The Bertz CT molecular complexity index is 545. The topological polar surface area (TPSA) is 90.2 Å². The van der Waals surface area contributed by atoms with Gasteiger partial charge < -0.3 is 23.3 Å². The third kappa shape index (κ3) is 23.6. The highest BCUT2D eigenvalue weighted by Crippen LogP contribution is 2.36. The van der Waals surface area contributed by atoms with Gasteiger partial charge in [-0.1, -0.05) is 172 Å². The lowest BCUT2D eigenvalue weighted by atomic mass is 10.1. The van der Waals surface area contributed by atoms with Gasteiger partial charge in [0.05, 0.1) is 0 Å². The van der Waals surface area contributed by atoms with Crippen LogP contribution in [0.5, 0.6) is 0 Å². The van der Waals surface area contributed by atoms with Crippen molar-refractivity contribution >= 4 is 33.8 Å². The Labute approximate surface area is 275 Å². The Balaban J connectivity index is -0.000000614. The van der Waals surface area contributed by atoms with Crippen molar-refractivity contribution in [2.45, 2.75) is 220 Å². The van der Waals surface area contributed by atoms with Gasteiger partial charge in [0.2, 0.25) is 0 Å². The van der Waals surface area contributed by atoms with Crippen LogP contribution in [0.15, 0.2) is 0 Å². The molecule has 43 heavy (non-hydrogen) atoms. The quantitative estimate of drug-likeness (QED) is 0.0853. The summed E-state index contributed by atoms with van der Waals surface area (Å²) in [5.41, 5.74) is 1.42. The van der Waals surface area contributed by atoms with Crippen molar-refractivity contribution < 1.29 is 23.3 Å². The van der Waals surface area contributed by atoms with Crippen LogP contribution >= 0.6 is 0 Å². The fourth-order valence-corrected chi connectivity index (χ4v) is 16.6. The average molecular weight is 683 g/mol. The predicted molar refractivity (Wildman–Crippen MR) is 202 cm³/mol. The third-order valence-corrected chi connectivity index (χ3v) is 20.6. The molecule has 0 bridgehead atoms. The van der Waals surface area contributed by atoms with Crippen LogP contribution in [0.25, 0.3) is 0 Å². The van der Waals surface area contributed by atoms with Crippen LogP contribution < -0.4 is 0 Å². The van der Waals surface area contributed by atoms with Gasteiger partial charge in [-0.2, -0.15) is 0 Å². The SMILES string of the molecule is CCCC(CCC)[Si](C)(C)C.CCCC(CCC)[Si](C)(C)C.CCCC(CCC)[Si](O)(O)O[Si](O)(O)C(CCC)CCC. The molecule has 0 aromatic rings. The molecule has 0 aliphatic carbocycles. The lowest BCUT2D eigenvalue weighted by Crippen LogP contribution is -2.57. The van der Waals surface area contributed by atoms with E-state index in [-0.39, 0.29) is 11.1 Å². The van der Waals surface area contributed by atoms with Crippen LogP contribution in [0.3, 0.4) is 0 Å². The molecule has 9 heteroatoms. The molecule has 0 radical (unpaired) electrons. The normalized spacial score (nSPS) is 13.0. The van der Waals surface area contributed by atoms with E-state index in [0.29, 0.717) is 25.7 Å². The second-order valence-corrected chi connectivity index (χ2v) is 31.4. The Morgan fingerprint density at radius 3 is 0.651 bits per heavy atom. The van der Waals surface area contributed by atoms with Crippen LogP contribution in [-0.4, -0.2) is 52.9 Å². The largest absolute Gasteiger partial charge is 0.491 e. The van der Waals surface area contributed by atoms with E-state index in [1.165, 1.54) is 51.4 Å². The van der Waals surface area contributed by atoms with Crippen molar-refractivity contribution in [3.63, 3.8) is 0 Å². The molecule has 0 fully saturated rings. The Kier molecular flexibility index (Phi) is 28.8. The summed E-state index contributed by atoms with van der Waals surface area (Å²) in [6.07, 6.45) is 17.2. The van der Waals surface area contributed by atoms with Crippen LogP contribution in [0.2, 0.25) is 61.4 Å². The fourth-order valence-electron chi connectivity index (χ4n) is 6.24. The zero-order valence-corrected chi connectivity index (χ0v) is 35.8. The molecule has 0 aromatic carbocycles. The Morgan fingerprint density at radius 1 is 0.349 bits per heavy atom. The van der Waals surface area contributed by atoms with Gasteiger partial charge in [0, 0.05) is 27.2 Å². The van der Waals surface area contributed by atoms with E-state index in [9.17, 15) is 19.2 Å². The van der Waals surface area contributed by atoms with Gasteiger partial charge in [0.15, 0.2) is 0 Å². The maximum atomic E-state index is 10.3. The summed E-state index contributed by atoms with van der Waals surface area (Å²) in [5, 5.41) is 0. The first-order chi connectivity index (χ1) is 19.8. The molecule has 0 spiro atoms. The van der Waals surface area contributed by atoms with Crippen LogP contribution in [0.1, 0.15) is 158 Å². The fraction of sp³-hybridized carbons (Fsp3) is 1.00. The molecule has 5 nitrogen and oxygen atoms in total. The molecule has 0 unspecified atom stereocenters. The van der Waals surface area contributed by atoms with Gasteiger partial charge in [0.1, 0.15) is 0 Å². The van der Waals surface area contributed by atoms with E-state index < -0.39 is 33.8 Å². The van der Waals surface area contributed by atoms with Crippen LogP contribution in [0.4, 0.5) is 0 Å². The Morgan fingerprint density at radius 2 is 0.512 bits per heavy atom. The summed E-state index contributed by atoms with van der Waals surface area (Å²) >= 11 is 0. The number of hydrogen-bond acceptors (Lipinski definition) is 5. The third-order valence-electron chi connectivity index (χ3n) is 8.91. The first kappa shape index (κ1) is 48.1. The molecule has 0 saturated carbocycles. The highest BCUT2D eigenvalue weighted by atomic mass is 28.5. The van der Waals surface area contributed by atoms with Gasteiger partial charge in [-0.3, -0.25) is 0 Å². The molecule has 0 heterocycles. The minimum absolute atomic E-state index is 0.359. The molecule has 0 rings (SSSR count). The second-order valence-electron chi connectivity index (χ2n) is 15.2. The summed E-state index contributed by atoms with van der Waals surface area (Å²) in [6.45, 7) is 32.2. The molecule has 0 saturated heterocycles. The molecular weight excluding hydrogens is 601 g/mol. The number of hydrogen-bond donors (Lipinski definition) is 4. The summed E-state index contributed by atoms with van der Waals surface area (Å²) in [7, 11) is -9.80.